The van der Waals surface area contributed by atoms with Gasteiger partial charge in [-0.1, -0.05) is 0 Å². The van der Waals surface area contributed by atoms with Crippen LogP contribution in [0, 0.1) is 0 Å². The minimum atomic E-state index is -0.225. The Morgan fingerprint density at radius 3 is 2.94 bits per heavy atom. The fourth-order valence-corrected chi connectivity index (χ4v) is 2.29. The molecule has 2 rings (SSSR count). The molecule has 1 N–H and O–H groups in total. The SMILES string of the molecule is CC(NC(=O)c1ccoc1Cl)c1ccsc1. The molecule has 0 radical (unpaired) electrons. The van der Waals surface area contributed by atoms with Gasteiger partial charge in [-0.25, -0.2) is 0 Å². The third-order valence-electron chi connectivity index (χ3n) is 2.25. The molecule has 0 spiro atoms. The highest BCUT2D eigenvalue weighted by atomic mass is 35.5. The van der Waals surface area contributed by atoms with Crippen molar-refractivity contribution in [2.24, 2.45) is 0 Å². The van der Waals surface area contributed by atoms with Crippen molar-refractivity contribution in [3.05, 3.63) is 45.5 Å². The predicted octanol–water partition coefficient (Wildman–Crippen LogP) is 3.49. The highest BCUT2D eigenvalue weighted by Gasteiger charge is 2.16. The summed E-state index contributed by atoms with van der Waals surface area (Å²) in [5.41, 5.74) is 1.45. The van der Waals surface area contributed by atoms with Gasteiger partial charge in [0.2, 0.25) is 5.22 Å². The maximum atomic E-state index is 11.8. The summed E-state index contributed by atoms with van der Waals surface area (Å²) in [5.74, 6) is -0.225. The number of nitrogens with one attached hydrogen (secondary N) is 1. The Hall–Kier alpha value is -1.26. The smallest absolute Gasteiger partial charge is 0.256 e. The van der Waals surface area contributed by atoms with Gasteiger partial charge in [0.1, 0.15) is 0 Å². The van der Waals surface area contributed by atoms with E-state index in [-0.39, 0.29) is 17.2 Å². The van der Waals surface area contributed by atoms with Crippen molar-refractivity contribution in [1.29, 1.82) is 0 Å². The lowest BCUT2D eigenvalue weighted by molar-refractivity contribution is 0.0939. The summed E-state index contributed by atoms with van der Waals surface area (Å²) >= 11 is 7.32. The normalized spacial score (nSPS) is 12.4. The van der Waals surface area contributed by atoms with Crippen LogP contribution in [0.4, 0.5) is 0 Å². The van der Waals surface area contributed by atoms with Gasteiger partial charge in [0.25, 0.3) is 5.91 Å². The van der Waals surface area contributed by atoms with Crippen molar-refractivity contribution < 1.29 is 9.21 Å². The van der Waals surface area contributed by atoms with Crippen LogP contribution in [-0.2, 0) is 0 Å². The van der Waals surface area contributed by atoms with Gasteiger partial charge >= 0.3 is 0 Å². The summed E-state index contributed by atoms with van der Waals surface area (Å²) in [7, 11) is 0. The summed E-state index contributed by atoms with van der Waals surface area (Å²) in [4.78, 5) is 11.8. The fourth-order valence-electron chi connectivity index (χ4n) is 1.33. The predicted molar refractivity (Wildman–Crippen MR) is 63.9 cm³/mol. The standard InChI is InChI=1S/C11H10ClNO2S/c1-7(8-3-5-16-6-8)13-11(14)9-2-4-15-10(9)12/h2-7H,1H3,(H,13,14). The number of furan rings is 1. The van der Waals surface area contributed by atoms with E-state index < -0.39 is 0 Å². The van der Waals surface area contributed by atoms with Gasteiger partial charge in [-0.3, -0.25) is 4.79 Å². The molecule has 0 fully saturated rings. The first-order valence-corrected chi connectivity index (χ1v) is 6.06. The molecule has 0 aliphatic rings. The Kier molecular flexibility index (Phi) is 3.31. The third kappa shape index (κ3) is 2.28. The first-order valence-electron chi connectivity index (χ1n) is 4.74. The Bertz CT molecular complexity index is 478. The molecule has 1 amide bonds. The van der Waals surface area contributed by atoms with Crippen molar-refractivity contribution >= 4 is 28.8 Å². The molecule has 1 atom stereocenters. The van der Waals surface area contributed by atoms with Crippen molar-refractivity contribution in [3.8, 4) is 0 Å². The van der Waals surface area contributed by atoms with Crippen LogP contribution in [0.3, 0.4) is 0 Å². The molecule has 0 saturated carbocycles. The van der Waals surface area contributed by atoms with E-state index in [4.69, 9.17) is 16.0 Å². The third-order valence-corrected chi connectivity index (χ3v) is 3.25. The Balaban J connectivity index is 2.06. The summed E-state index contributed by atoms with van der Waals surface area (Å²) in [6, 6.07) is 3.50. The van der Waals surface area contributed by atoms with E-state index in [1.165, 1.54) is 6.26 Å². The van der Waals surface area contributed by atoms with Gasteiger partial charge in [0.15, 0.2) is 0 Å². The molecule has 0 bridgehead atoms. The zero-order valence-corrected chi connectivity index (χ0v) is 10.1. The Morgan fingerprint density at radius 1 is 1.56 bits per heavy atom. The molecule has 1 unspecified atom stereocenters. The lowest BCUT2D eigenvalue weighted by Crippen LogP contribution is -2.26. The Morgan fingerprint density at radius 2 is 2.38 bits per heavy atom. The van der Waals surface area contributed by atoms with E-state index in [9.17, 15) is 4.79 Å². The number of thiophene rings is 1. The summed E-state index contributed by atoms with van der Waals surface area (Å²) in [6.45, 7) is 1.92. The highest BCUT2D eigenvalue weighted by molar-refractivity contribution is 7.07. The number of rotatable bonds is 3. The molecule has 2 heterocycles. The van der Waals surface area contributed by atoms with E-state index >= 15 is 0 Å². The second kappa shape index (κ2) is 4.72. The van der Waals surface area contributed by atoms with Crippen LogP contribution in [0.2, 0.25) is 5.22 Å². The fraction of sp³-hybridized carbons (Fsp3) is 0.182. The topological polar surface area (TPSA) is 42.2 Å². The molecule has 0 aromatic carbocycles. The van der Waals surface area contributed by atoms with Crippen molar-refractivity contribution in [3.63, 3.8) is 0 Å². The van der Waals surface area contributed by atoms with Crippen LogP contribution < -0.4 is 5.32 Å². The highest BCUT2D eigenvalue weighted by Crippen LogP contribution is 2.19. The average molecular weight is 256 g/mol. The van der Waals surface area contributed by atoms with E-state index in [0.717, 1.165) is 5.56 Å². The Labute approximate surface area is 102 Å². The lowest BCUT2D eigenvalue weighted by atomic mass is 10.2. The first kappa shape index (κ1) is 11.2. The van der Waals surface area contributed by atoms with Crippen molar-refractivity contribution in [2.45, 2.75) is 13.0 Å². The lowest BCUT2D eigenvalue weighted by Gasteiger charge is -2.11. The molecule has 0 aliphatic heterocycles. The van der Waals surface area contributed by atoms with E-state index in [1.807, 2.05) is 23.8 Å². The molecule has 5 heteroatoms. The maximum Gasteiger partial charge on any atom is 0.256 e. The zero-order valence-electron chi connectivity index (χ0n) is 8.57. The van der Waals surface area contributed by atoms with Gasteiger partial charge in [0.05, 0.1) is 17.9 Å². The average Bonchev–Trinajstić information content (AvgIpc) is 2.86. The number of hydrogen-bond acceptors (Lipinski definition) is 3. The van der Waals surface area contributed by atoms with Crippen LogP contribution in [0.25, 0.3) is 0 Å². The van der Waals surface area contributed by atoms with Crippen LogP contribution in [-0.4, -0.2) is 5.91 Å². The zero-order chi connectivity index (χ0) is 11.5. The van der Waals surface area contributed by atoms with Crippen LogP contribution in [0.1, 0.15) is 28.9 Å². The number of carbonyl (C=O) groups is 1. The van der Waals surface area contributed by atoms with Gasteiger partial charge in [-0.15, -0.1) is 0 Å². The van der Waals surface area contributed by atoms with Crippen LogP contribution >= 0.6 is 22.9 Å². The quantitative estimate of drug-likeness (QED) is 0.912. The largest absolute Gasteiger partial charge is 0.452 e. The van der Waals surface area contributed by atoms with Gasteiger partial charge in [-0.05, 0) is 47.0 Å². The minimum absolute atomic E-state index is 0.0373. The molecule has 84 valence electrons. The van der Waals surface area contributed by atoms with Gasteiger partial charge in [0, 0.05) is 0 Å². The van der Waals surface area contributed by atoms with E-state index in [1.54, 1.807) is 17.4 Å². The van der Waals surface area contributed by atoms with Crippen LogP contribution in [0.15, 0.2) is 33.6 Å². The minimum Gasteiger partial charge on any atom is -0.452 e. The molecular formula is C11H10ClNO2S. The summed E-state index contributed by atoms with van der Waals surface area (Å²) < 4.78 is 4.86. The summed E-state index contributed by atoms with van der Waals surface area (Å²) in [5, 5.41) is 6.95. The van der Waals surface area contributed by atoms with Gasteiger partial charge < -0.3 is 9.73 Å². The molecule has 16 heavy (non-hydrogen) atoms. The van der Waals surface area contributed by atoms with Crippen molar-refractivity contribution in [2.75, 3.05) is 0 Å². The number of hydrogen-bond donors (Lipinski definition) is 1. The number of carbonyl (C=O) groups excluding carboxylic acids is 1. The second-order valence-electron chi connectivity index (χ2n) is 3.36. The summed E-state index contributed by atoms with van der Waals surface area (Å²) in [6.07, 6.45) is 1.40. The first-order chi connectivity index (χ1) is 7.68. The van der Waals surface area contributed by atoms with Crippen LogP contribution in [0.5, 0.6) is 0 Å². The molecule has 2 aromatic rings. The molecule has 3 nitrogen and oxygen atoms in total. The molecular weight excluding hydrogens is 246 g/mol. The van der Waals surface area contributed by atoms with Crippen molar-refractivity contribution in [1.82, 2.24) is 5.32 Å². The van der Waals surface area contributed by atoms with E-state index in [2.05, 4.69) is 5.32 Å². The molecule has 2 aromatic heterocycles. The molecule has 0 saturated heterocycles. The maximum absolute atomic E-state index is 11.8. The van der Waals surface area contributed by atoms with Gasteiger partial charge in [-0.2, -0.15) is 11.3 Å². The number of amides is 1. The van der Waals surface area contributed by atoms with E-state index in [0.29, 0.717) is 5.56 Å². The monoisotopic (exact) mass is 255 g/mol. The number of halogens is 1. The second-order valence-corrected chi connectivity index (χ2v) is 4.48. The molecule has 0 aliphatic carbocycles.